The molecule has 1 aromatic rings. The number of nitrogens with one attached hydrogen (secondary N) is 2. The molecule has 1 saturated heterocycles. The molecule has 1 atom stereocenters. The first-order valence-electron chi connectivity index (χ1n) is 6.71. The van der Waals surface area contributed by atoms with E-state index >= 15 is 0 Å². The quantitative estimate of drug-likeness (QED) is 0.780. The summed E-state index contributed by atoms with van der Waals surface area (Å²) in [6.07, 6.45) is 1.86. The van der Waals surface area contributed by atoms with Crippen molar-refractivity contribution < 1.29 is 19.4 Å². The molecular formula is C14H17ClN2O4. The molecule has 2 amide bonds. The minimum absolute atomic E-state index is 0.0400. The second-order valence-electron chi connectivity index (χ2n) is 4.89. The predicted octanol–water partition coefficient (Wildman–Crippen LogP) is 2.59. The number of carboxylic acid groups (broad SMARTS) is 1. The van der Waals surface area contributed by atoms with Gasteiger partial charge in [-0.3, -0.25) is 0 Å². The van der Waals surface area contributed by atoms with E-state index in [1.54, 1.807) is 0 Å². The van der Waals surface area contributed by atoms with Crippen molar-refractivity contribution in [3.63, 3.8) is 0 Å². The van der Waals surface area contributed by atoms with Crippen LogP contribution in [-0.4, -0.2) is 36.9 Å². The van der Waals surface area contributed by atoms with E-state index in [0.717, 1.165) is 26.1 Å². The molecule has 1 fully saturated rings. The van der Waals surface area contributed by atoms with Crippen LogP contribution in [0.4, 0.5) is 10.5 Å². The Hall–Kier alpha value is -1.79. The summed E-state index contributed by atoms with van der Waals surface area (Å²) in [5.74, 6) is -0.661. The summed E-state index contributed by atoms with van der Waals surface area (Å²) in [6.45, 7) is 2.04. The molecular weight excluding hydrogens is 296 g/mol. The number of benzene rings is 1. The van der Waals surface area contributed by atoms with Gasteiger partial charge in [-0.1, -0.05) is 11.6 Å². The summed E-state index contributed by atoms with van der Waals surface area (Å²) in [4.78, 5) is 22.9. The van der Waals surface area contributed by atoms with Crippen LogP contribution in [0.1, 0.15) is 23.2 Å². The number of carbonyl (C=O) groups is 2. The Morgan fingerprint density at radius 1 is 1.43 bits per heavy atom. The zero-order chi connectivity index (χ0) is 15.2. The Morgan fingerprint density at radius 2 is 2.24 bits per heavy atom. The predicted molar refractivity (Wildman–Crippen MR) is 79.0 cm³/mol. The number of urea groups is 1. The Bertz CT molecular complexity index is 530. The average molecular weight is 313 g/mol. The third kappa shape index (κ3) is 4.61. The maximum atomic E-state index is 11.8. The lowest BCUT2D eigenvalue weighted by Crippen LogP contribution is -2.31. The molecule has 0 bridgehead atoms. The van der Waals surface area contributed by atoms with Crippen LogP contribution in [0.5, 0.6) is 0 Å². The SMILES string of the molecule is O=C(NCCC1CCOC1)Nc1ccc(Cl)cc1C(=O)O. The van der Waals surface area contributed by atoms with Crippen molar-refractivity contribution in [3.8, 4) is 0 Å². The molecule has 3 N–H and O–H groups in total. The summed E-state index contributed by atoms with van der Waals surface area (Å²) in [7, 11) is 0. The van der Waals surface area contributed by atoms with Gasteiger partial charge in [0.1, 0.15) is 0 Å². The molecule has 1 aromatic carbocycles. The topological polar surface area (TPSA) is 87.7 Å². The van der Waals surface area contributed by atoms with Crippen molar-refractivity contribution in [3.05, 3.63) is 28.8 Å². The van der Waals surface area contributed by atoms with E-state index in [4.69, 9.17) is 21.4 Å². The highest BCUT2D eigenvalue weighted by Gasteiger charge is 2.16. The molecule has 0 aliphatic carbocycles. The lowest BCUT2D eigenvalue weighted by Gasteiger charge is -2.11. The van der Waals surface area contributed by atoms with Crippen LogP contribution in [-0.2, 0) is 4.74 Å². The normalized spacial score (nSPS) is 17.5. The fourth-order valence-electron chi connectivity index (χ4n) is 2.17. The van der Waals surface area contributed by atoms with E-state index in [1.807, 2.05) is 0 Å². The molecule has 1 aliphatic rings. The molecule has 0 saturated carbocycles. The molecule has 0 spiro atoms. The number of carboxylic acids is 1. The van der Waals surface area contributed by atoms with Gasteiger partial charge in [0, 0.05) is 24.8 Å². The number of aromatic carboxylic acids is 1. The van der Waals surface area contributed by atoms with E-state index < -0.39 is 12.0 Å². The number of rotatable bonds is 5. The highest BCUT2D eigenvalue weighted by molar-refractivity contribution is 6.31. The van der Waals surface area contributed by atoms with Crippen LogP contribution in [0.3, 0.4) is 0 Å². The van der Waals surface area contributed by atoms with Crippen molar-refractivity contribution in [2.45, 2.75) is 12.8 Å². The zero-order valence-electron chi connectivity index (χ0n) is 11.4. The summed E-state index contributed by atoms with van der Waals surface area (Å²) in [5, 5.41) is 14.6. The standard InChI is InChI=1S/C14H17ClN2O4/c15-10-1-2-12(11(7-10)13(18)19)17-14(20)16-5-3-9-4-6-21-8-9/h1-2,7,9H,3-6,8H2,(H,18,19)(H2,16,17,20). The van der Waals surface area contributed by atoms with Crippen LogP contribution >= 0.6 is 11.6 Å². The van der Waals surface area contributed by atoms with Gasteiger partial charge in [0.25, 0.3) is 0 Å². The lowest BCUT2D eigenvalue weighted by molar-refractivity contribution is 0.0698. The number of halogens is 1. The first kappa shape index (κ1) is 15.6. The van der Waals surface area contributed by atoms with Crippen molar-refractivity contribution in [1.82, 2.24) is 5.32 Å². The first-order chi connectivity index (χ1) is 10.1. The van der Waals surface area contributed by atoms with Gasteiger partial charge in [-0.2, -0.15) is 0 Å². The van der Waals surface area contributed by atoms with Gasteiger partial charge < -0.3 is 20.5 Å². The number of amides is 2. The van der Waals surface area contributed by atoms with E-state index in [1.165, 1.54) is 18.2 Å². The van der Waals surface area contributed by atoms with Gasteiger partial charge >= 0.3 is 12.0 Å². The minimum atomic E-state index is -1.14. The number of hydrogen-bond acceptors (Lipinski definition) is 3. The molecule has 0 aromatic heterocycles. The van der Waals surface area contributed by atoms with E-state index in [9.17, 15) is 9.59 Å². The van der Waals surface area contributed by atoms with Gasteiger partial charge in [0.2, 0.25) is 0 Å². The van der Waals surface area contributed by atoms with E-state index in [0.29, 0.717) is 17.5 Å². The Kier molecular flexibility index (Phi) is 5.41. The van der Waals surface area contributed by atoms with E-state index in [-0.39, 0.29) is 11.3 Å². The van der Waals surface area contributed by atoms with Crippen LogP contribution < -0.4 is 10.6 Å². The molecule has 7 heteroatoms. The molecule has 114 valence electrons. The average Bonchev–Trinajstić information content (AvgIpc) is 2.94. The third-order valence-electron chi connectivity index (χ3n) is 3.32. The van der Waals surface area contributed by atoms with Crippen LogP contribution in [0.15, 0.2) is 18.2 Å². The van der Waals surface area contributed by atoms with Crippen molar-refractivity contribution in [2.24, 2.45) is 5.92 Å². The maximum absolute atomic E-state index is 11.8. The number of anilines is 1. The monoisotopic (exact) mass is 312 g/mol. The number of carbonyl (C=O) groups excluding carboxylic acids is 1. The second kappa shape index (κ2) is 7.28. The van der Waals surface area contributed by atoms with Crippen LogP contribution in [0, 0.1) is 5.92 Å². The minimum Gasteiger partial charge on any atom is -0.478 e. The third-order valence-corrected chi connectivity index (χ3v) is 3.56. The van der Waals surface area contributed by atoms with Gasteiger partial charge in [-0.25, -0.2) is 9.59 Å². The summed E-state index contributed by atoms with van der Waals surface area (Å²) in [6, 6.07) is 3.86. The van der Waals surface area contributed by atoms with Gasteiger partial charge in [0.05, 0.1) is 11.3 Å². The molecule has 6 nitrogen and oxygen atoms in total. The number of ether oxygens (including phenoxy) is 1. The van der Waals surface area contributed by atoms with Gasteiger partial charge in [0.15, 0.2) is 0 Å². The molecule has 1 unspecified atom stereocenters. The summed E-state index contributed by atoms with van der Waals surface area (Å²) >= 11 is 5.75. The van der Waals surface area contributed by atoms with Crippen molar-refractivity contribution >= 4 is 29.3 Å². The van der Waals surface area contributed by atoms with Gasteiger partial charge in [-0.15, -0.1) is 0 Å². The molecule has 2 rings (SSSR count). The Balaban J connectivity index is 1.85. The van der Waals surface area contributed by atoms with Gasteiger partial charge in [-0.05, 0) is 37.0 Å². The summed E-state index contributed by atoms with van der Waals surface area (Å²) < 4.78 is 5.26. The lowest BCUT2D eigenvalue weighted by atomic mass is 10.1. The largest absolute Gasteiger partial charge is 0.478 e. The Morgan fingerprint density at radius 3 is 2.90 bits per heavy atom. The second-order valence-corrected chi connectivity index (χ2v) is 5.33. The molecule has 1 heterocycles. The Labute approximate surface area is 127 Å². The zero-order valence-corrected chi connectivity index (χ0v) is 12.2. The molecule has 21 heavy (non-hydrogen) atoms. The smallest absolute Gasteiger partial charge is 0.337 e. The summed E-state index contributed by atoms with van der Waals surface area (Å²) in [5.41, 5.74) is 0.176. The fraction of sp³-hybridized carbons (Fsp3) is 0.429. The highest BCUT2D eigenvalue weighted by atomic mass is 35.5. The fourth-order valence-corrected chi connectivity index (χ4v) is 2.34. The molecule has 1 aliphatic heterocycles. The van der Waals surface area contributed by atoms with E-state index in [2.05, 4.69) is 10.6 Å². The van der Waals surface area contributed by atoms with Crippen molar-refractivity contribution in [1.29, 1.82) is 0 Å². The highest BCUT2D eigenvalue weighted by Crippen LogP contribution is 2.20. The molecule has 0 radical (unpaired) electrons. The maximum Gasteiger partial charge on any atom is 0.337 e. The van der Waals surface area contributed by atoms with Crippen molar-refractivity contribution in [2.75, 3.05) is 25.1 Å². The van der Waals surface area contributed by atoms with Crippen LogP contribution in [0.2, 0.25) is 5.02 Å². The number of hydrogen-bond donors (Lipinski definition) is 3. The van der Waals surface area contributed by atoms with Crippen LogP contribution in [0.25, 0.3) is 0 Å². The first-order valence-corrected chi connectivity index (χ1v) is 7.09.